The SMILES string of the molecule is COC(=O)c1ccc(-c2ccc(CNCCNc3ccc([N+](=O)[O-])cc3)o2)cc1.Cl. The molecule has 0 bridgehead atoms. The molecule has 0 unspecified atom stereocenters. The number of carbonyl (C=O) groups excluding carboxylic acids is 1. The molecule has 158 valence electrons. The zero-order valence-corrected chi connectivity index (χ0v) is 17.1. The first-order valence-electron chi connectivity index (χ1n) is 9.03. The van der Waals surface area contributed by atoms with Crippen molar-refractivity contribution in [3.63, 3.8) is 0 Å². The molecule has 0 aliphatic rings. The summed E-state index contributed by atoms with van der Waals surface area (Å²) in [6.07, 6.45) is 0. The monoisotopic (exact) mass is 431 g/mol. The van der Waals surface area contributed by atoms with Crippen LogP contribution in [0.1, 0.15) is 16.1 Å². The highest BCUT2D eigenvalue weighted by molar-refractivity contribution is 5.89. The lowest BCUT2D eigenvalue weighted by molar-refractivity contribution is -0.384. The molecule has 3 aromatic rings. The van der Waals surface area contributed by atoms with Crippen LogP contribution in [-0.2, 0) is 11.3 Å². The third-order valence-corrected chi connectivity index (χ3v) is 4.26. The fourth-order valence-corrected chi connectivity index (χ4v) is 2.72. The van der Waals surface area contributed by atoms with E-state index in [1.54, 1.807) is 24.3 Å². The Morgan fingerprint density at radius 3 is 2.37 bits per heavy atom. The van der Waals surface area contributed by atoms with Crippen LogP contribution in [0, 0.1) is 10.1 Å². The molecule has 2 N–H and O–H groups in total. The molecule has 30 heavy (non-hydrogen) atoms. The number of ether oxygens (including phenoxy) is 1. The molecule has 2 aromatic carbocycles. The van der Waals surface area contributed by atoms with Gasteiger partial charge in [-0.3, -0.25) is 10.1 Å². The number of hydrogen-bond donors (Lipinski definition) is 2. The smallest absolute Gasteiger partial charge is 0.337 e. The molecule has 0 saturated carbocycles. The fourth-order valence-electron chi connectivity index (χ4n) is 2.72. The van der Waals surface area contributed by atoms with Crippen molar-refractivity contribution >= 4 is 29.8 Å². The Morgan fingerprint density at radius 2 is 1.73 bits per heavy atom. The van der Waals surface area contributed by atoms with Crippen LogP contribution in [-0.4, -0.2) is 31.1 Å². The van der Waals surface area contributed by atoms with Gasteiger partial charge in [0.05, 0.1) is 24.1 Å². The van der Waals surface area contributed by atoms with E-state index in [2.05, 4.69) is 10.6 Å². The Morgan fingerprint density at radius 1 is 1.03 bits per heavy atom. The maximum absolute atomic E-state index is 11.5. The van der Waals surface area contributed by atoms with Gasteiger partial charge in [0, 0.05) is 36.5 Å². The van der Waals surface area contributed by atoms with Crippen molar-refractivity contribution in [2.75, 3.05) is 25.5 Å². The summed E-state index contributed by atoms with van der Waals surface area (Å²) in [7, 11) is 1.35. The Kier molecular flexibility index (Phi) is 8.40. The summed E-state index contributed by atoms with van der Waals surface area (Å²) in [5.41, 5.74) is 2.27. The maximum Gasteiger partial charge on any atom is 0.337 e. The molecule has 0 saturated heterocycles. The normalized spacial score (nSPS) is 10.2. The van der Waals surface area contributed by atoms with Gasteiger partial charge in [0.2, 0.25) is 0 Å². The van der Waals surface area contributed by atoms with Gasteiger partial charge >= 0.3 is 5.97 Å². The van der Waals surface area contributed by atoms with E-state index in [0.717, 1.165) is 22.8 Å². The number of methoxy groups -OCH3 is 1. The van der Waals surface area contributed by atoms with E-state index >= 15 is 0 Å². The van der Waals surface area contributed by atoms with E-state index in [9.17, 15) is 14.9 Å². The minimum Gasteiger partial charge on any atom is -0.465 e. The van der Waals surface area contributed by atoms with E-state index in [0.29, 0.717) is 25.2 Å². The number of non-ortho nitro benzene ring substituents is 1. The number of rotatable bonds is 9. The van der Waals surface area contributed by atoms with E-state index in [-0.39, 0.29) is 24.1 Å². The van der Waals surface area contributed by atoms with Crippen molar-refractivity contribution < 1.29 is 18.9 Å². The average molecular weight is 432 g/mol. The molecular formula is C21H22ClN3O5. The zero-order chi connectivity index (χ0) is 20.6. The number of esters is 1. The van der Waals surface area contributed by atoms with Crippen LogP contribution in [0.3, 0.4) is 0 Å². The van der Waals surface area contributed by atoms with Gasteiger partial charge in [0.25, 0.3) is 5.69 Å². The lowest BCUT2D eigenvalue weighted by Crippen LogP contribution is -2.21. The van der Waals surface area contributed by atoms with E-state index < -0.39 is 4.92 Å². The second-order valence-electron chi connectivity index (χ2n) is 6.24. The number of furan rings is 1. The van der Waals surface area contributed by atoms with Gasteiger partial charge in [-0.1, -0.05) is 12.1 Å². The van der Waals surface area contributed by atoms with Gasteiger partial charge in [-0.2, -0.15) is 0 Å². The number of benzene rings is 2. The molecule has 1 heterocycles. The number of halogens is 1. The Bertz CT molecular complexity index is 971. The van der Waals surface area contributed by atoms with Crippen LogP contribution in [0.25, 0.3) is 11.3 Å². The summed E-state index contributed by atoms with van der Waals surface area (Å²) in [4.78, 5) is 21.7. The van der Waals surface area contributed by atoms with E-state index in [4.69, 9.17) is 9.15 Å². The molecular weight excluding hydrogens is 410 g/mol. The molecule has 0 amide bonds. The van der Waals surface area contributed by atoms with Crippen molar-refractivity contribution in [2.24, 2.45) is 0 Å². The number of anilines is 1. The predicted molar refractivity (Wildman–Crippen MR) is 116 cm³/mol. The van der Waals surface area contributed by atoms with Gasteiger partial charge in [-0.15, -0.1) is 12.4 Å². The van der Waals surface area contributed by atoms with Crippen molar-refractivity contribution in [3.05, 3.63) is 82.1 Å². The standard InChI is InChI=1S/C21H21N3O5.ClH/c1-28-21(25)16-4-2-15(3-5-16)20-11-10-19(29-20)14-22-12-13-23-17-6-8-18(9-7-17)24(26)27;/h2-11,22-23H,12-14H2,1H3;1H. The number of nitrogens with zero attached hydrogens (tertiary/aromatic N) is 1. The topological polar surface area (TPSA) is 107 Å². The summed E-state index contributed by atoms with van der Waals surface area (Å²) in [6.45, 7) is 1.93. The molecule has 0 atom stereocenters. The Balaban J connectivity index is 0.00000320. The molecule has 0 fully saturated rings. The number of carbonyl (C=O) groups is 1. The molecule has 3 rings (SSSR count). The molecule has 0 aliphatic heterocycles. The zero-order valence-electron chi connectivity index (χ0n) is 16.3. The predicted octanol–water partition coefficient (Wildman–Crippen LogP) is 4.26. The van der Waals surface area contributed by atoms with Crippen molar-refractivity contribution in [1.29, 1.82) is 0 Å². The molecule has 9 heteroatoms. The first kappa shape index (κ1) is 22.9. The summed E-state index contributed by atoms with van der Waals surface area (Å²) >= 11 is 0. The second-order valence-corrected chi connectivity index (χ2v) is 6.24. The van der Waals surface area contributed by atoms with Crippen LogP contribution in [0.4, 0.5) is 11.4 Å². The van der Waals surface area contributed by atoms with E-state index in [1.165, 1.54) is 19.2 Å². The second kappa shape index (κ2) is 11.0. The lowest BCUT2D eigenvalue weighted by Gasteiger charge is -2.07. The molecule has 1 aromatic heterocycles. The first-order valence-corrected chi connectivity index (χ1v) is 9.03. The fraction of sp³-hybridized carbons (Fsp3) is 0.190. The van der Waals surface area contributed by atoms with Gasteiger partial charge in [0.1, 0.15) is 11.5 Å². The summed E-state index contributed by atoms with van der Waals surface area (Å²) in [6, 6.07) is 17.1. The Labute approximate surface area is 179 Å². The van der Waals surface area contributed by atoms with Crippen LogP contribution in [0.5, 0.6) is 0 Å². The van der Waals surface area contributed by atoms with Crippen LogP contribution >= 0.6 is 12.4 Å². The van der Waals surface area contributed by atoms with Crippen molar-refractivity contribution in [2.45, 2.75) is 6.54 Å². The molecule has 0 radical (unpaired) electrons. The van der Waals surface area contributed by atoms with Crippen LogP contribution in [0.15, 0.2) is 65.1 Å². The third kappa shape index (κ3) is 6.07. The lowest BCUT2D eigenvalue weighted by atomic mass is 10.1. The summed E-state index contributed by atoms with van der Waals surface area (Å²) < 4.78 is 10.5. The minimum atomic E-state index is -0.420. The number of hydrogen-bond acceptors (Lipinski definition) is 7. The highest BCUT2D eigenvalue weighted by Gasteiger charge is 2.08. The number of nitro groups is 1. The highest BCUT2D eigenvalue weighted by Crippen LogP contribution is 2.23. The summed E-state index contributed by atoms with van der Waals surface area (Å²) in [5.74, 6) is 1.15. The van der Waals surface area contributed by atoms with Crippen molar-refractivity contribution in [1.82, 2.24) is 5.32 Å². The van der Waals surface area contributed by atoms with Gasteiger partial charge in [0.15, 0.2) is 0 Å². The molecule has 8 nitrogen and oxygen atoms in total. The molecule has 0 spiro atoms. The van der Waals surface area contributed by atoms with Crippen LogP contribution in [0.2, 0.25) is 0 Å². The minimum absolute atomic E-state index is 0. The maximum atomic E-state index is 11.5. The highest BCUT2D eigenvalue weighted by atomic mass is 35.5. The van der Waals surface area contributed by atoms with Gasteiger partial charge in [-0.25, -0.2) is 4.79 Å². The van der Waals surface area contributed by atoms with Gasteiger partial charge in [-0.05, 0) is 36.4 Å². The number of nitro benzene ring substituents is 1. The quantitative estimate of drug-likeness (QED) is 0.225. The molecule has 0 aliphatic carbocycles. The van der Waals surface area contributed by atoms with E-state index in [1.807, 2.05) is 24.3 Å². The average Bonchev–Trinajstić information content (AvgIpc) is 3.22. The largest absolute Gasteiger partial charge is 0.465 e. The Hall–Kier alpha value is -3.36. The van der Waals surface area contributed by atoms with Crippen molar-refractivity contribution in [3.8, 4) is 11.3 Å². The third-order valence-electron chi connectivity index (χ3n) is 4.26. The number of nitrogens with one attached hydrogen (secondary N) is 2. The van der Waals surface area contributed by atoms with Gasteiger partial charge < -0.3 is 19.8 Å². The summed E-state index contributed by atoms with van der Waals surface area (Å²) in [5, 5.41) is 17.1. The first-order chi connectivity index (χ1) is 14.1. The van der Waals surface area contributed by atoms with Crippen LogP contribution < -0.4 is 10.6 Å².